The molecule has 2 rings (SSSR count). The number of aliphatic carboxylic acids is 1. The Balaban J connectivity index is 2.45. The molecule has 0 aliphatic carbocycles. The summed E-state index contributed by atoms with van der Waals surface area (Å²) in [6.45, 7) is 5.94. The van der Waals surface area contributed by atoms with Crippen molar-refractivity contribution in [2.45, 2.75) is 39.7 Å². The normalized spacial score (nSPS) is 12.8. The molecule has 1 unspecified atom stereocenters. The minimum absolute atomic E-state index is 0.0196. The topological polar surface area (TPSA) is 98.7 Å². The average Bonchev–Trinajstić information content (AvgIpc) is 3.01. The fraction of sp³-hybridized carbons (Fsp3) is 0.615. The van der Waals surface area contributed by atoms with Crippen molar-refractivity contribution in [3.63, 3.8) is 0 Å². The zero-order chi connectivity index (χ0) is 15.6. The second kappa shape index (κ2) is 6.02. The van der Waals surface area contributed by atoms with Crippen LogP contribution in [0.15, 0.2) is 6.07 Å². The van der Waals surface area contributed by atoms with Gasteiger partial charge >= 0.3 is 5.97 Å². The van der Waals surface area contributed by atoms with Gasteiger partial charge < -0.3 is 5.11 Å². The molecule has 2 aromatic heterocycles. The smallest absolute Gasteiger partial charge is 0.305 e. The third-order valence-corrected chi connectivity index (χ3v) is 3.48. The van der Waals surface area contributed by atoms with Crippen molar-refractivity contribution in [3.8, 4) is 11.5 Å². The molecule has 0 saturated heterocycles. The molecule has 0 radical (unpaired) electrons. The molecule has 0 aliphatic rings. The van der Waals surface area contributed by atoms with E-state index < -0.39 is 5.97 Å². The highest BCUT2D eigenvalue weighted by atomic mass is 16.4. The fourth-order valence-corrected chi connectivity index (χ4v) is 2.28. The van der Waals surface area contributed by atoms with Crippen LogP contribution in [0.3, 0.4) is 0 Å². The summed E-state index contributed by atoms with van der Waals surface area (Å²) in [5, 5.41) is 25.2. The van der Waals surface area contributed by atoms with Crippen molar-refractivity contribution in [3.05, 3.63) is 11.8 Å². The Hall–Kier alpha value is -2.25. The summed E-state index contributed by atoms with van der Waals surface area (Å²) in [4.78, 5) is 11.1. The van der Waals surface area contributed by atoms with Crippen LogP contribution in [0.5, 0.6) is 0 Å². The van der Waals surface area contributed by atoms with Crippen molar-refractivity contribution in [1.29, 1.82) is 0 Å². The van der Waals surface area contributed by atoms with Crippen LogP contribution in [0.4, 0.5) is 0 Å². The molecule has 0 fully saturated rings. The number of rotatable bonds is 6. The van der Waals surface area contributed by atoms with Crippen molar-refractivity contribution < 1.29 is 9.90 Å². The number of tetrazole rings is 1. The number of carboxylic acid groups (broad SMARTS) is 1. The van der Waals surface area contributed by atoms with E-state index in [1.54, 1.807) is 9.36 Å². The highest BCUT2D eigenvalue weighted by molar-refractivity contribution is 5.67. The van der Waals surface area contributed by atoms with E-state index >= 15 is 0 Å². The van der Waals surface area contributed by atoms with Gasteiger partial charge in [0.2, 0.25) is 5.82 Å². The molecule has 21 heavy (non-hydrogen) atoms. The largest absolute Gasteiger partial charge is 0.481 e. The molecule has 114 valence electrons. The third kappa shape index (κ3) is 3.09. The van der Waals surface area contributed by atoms with E-state index in [1.165, 1.54) is 0 Å². The Morgan fingerprint density at radius 1 is 1.43 bits per heavy atom. The lowest BCUT2D eigenvalue weighted by Crippen LogP contribution is -2.21. The molecule has 1 atom stereocenters. The summed E-state index contributed by atoms with van der Waals surface area (Å²) in [7, 11) is 1.83. The van der Waals surface area contributed by atoms with Gasteiger partial charge in [-0.2, -0.15) is 5.10 Å². The zero-order valence-corrected chi connectivity index (χ0v) is 12.7. The van der Waals surface area contributed by atoms with Crippen LogP contribution in [0.25, 0.3) is 11.5 Å². The number of aryl methyl sites for hydroxylation is 2. The minimum Gasteiger partial charge on any atom is -0.481 e. The highest BCUT2D eigenvalue weighted by Crippen LogP contribution is 2.26. The molecule has 0 amide bonds. The molecule has 8 nitrogen and oxygen atoms in total. The second-order valence-corrected chi connectivity index (χ2v) is 5.35. The maximum absolute atomic E-state index is 11.1. The van der Waals surface area contributed by atoms with Crippen molar-refractivity contribution >= 4 is 5.97 Å². The molecule has 2 heterocycles. The predicted octanol–water partition coefficient (Wildman–Crippen LogP) is 1.31. The Bertz CT molecular complexity index is 630. The van der Waals surface area contributed by atoms with Crippen LogP contribution < -0.4 is 0 Å². The van der Waals surface area contributed by atoms with E-state index in [0.717, 1.165) is 17.8 Å². The quantitative estimate of drug-likeness (QED) is 0.861. The first-order valence-corrected chi connectivity index (χ1v) is 6.97. The third-order valence-electron chi connectivity index (χ3n) is 3.48. The number of aromatic nitrogens is 6. The standard InChI is InChI=1S/C13H20N6O2/c1-5-9-6-11(18(4)15-9)13-14-16-17-19(13)10(8(2)3)7-12(20)21/h6,8,10H,5,7H2,1-4H3,(H,20,21). The van der Waals surface area contributed by atoms with Crippen LogP contribution in [0, 0.1) is 5.92 Å². The molecule has 0 saturated carbocycles. The SMILES string of the molecule is CCc1cc(-c2nnnn2C(CC(=O)O)C(C)C)n(C)n1. The summed E-state index contributed by atoms with van der Waals surface area (Å²) in [6, 6.07) is 1.63. The summed E-state index contributed by atoms with van der Waals surface area (Å²) in [6.07, 6.45) is 0.798. The van der Waals surface area contributed by atoms with Gasteiger partial charge in [-0.15, -0.1) is 5.10 Å². The Morgan fingerprint density at radius 2 is 2.14 bits per heavy atom. The lowest BCUT2D eigenvalue weighted by molar-refractivity contribution is -0.138. The Morgan fingerprint density at radius 3 is 2.67 bits per heavy atom. The minimum atomic E-state index is -0.866. The maximum atomic E-state index is 11.1. The average molecular weight is 292 g/mol. The number of nitrogens with zero attached hydrogens (tertiary/aromatic N) is 6. The molecule has 1 N–H and O–H groups in total. The monoisotopic (exact) mass is 292 g/mol. The van der Waals surface area contributed by atoms with Gasteiger partial charge in [0.1, 0.15) is 5.69 Å². The molecule has 8 heteroatoms. The van der Waals surface area contributed by atoms with Gasteiger partial charge in [-0.05, 0) is 28.8 Å². The lowest BCUT2D eigenvalue weighted by Gasteiger charge is -2.19. The van der Waals surface area contributed by atoms with E-state index in [1.807, 2.05) is 33.9 Å². The van der Waals surface area contributed by atoms with Crippen LogP contribution >= 0.6 is 0 Å². The van der Waals surface area contributed by atoms with E-state index in [4.69, 9.17) is 5.11 Å². The number of hydrogen-bond acceptors (Lipinski definition) is 5. The number of carboxylic acids is 1. The first kappa shape index (κ1) is 15.1. The number of carbonyl (C=O) groups is 1. The molecule has 0 bridgehead atoms. The van der Waals surface area contributed by atoms with Crippen LogP contribution in [-0.4, -0.2) is 41.1 Å². The molecule has 0 aliphatic heterocycles. The number of hydrogen-bond donors (Lipinski definition) is 1. The summed E-state index contributed by atoms with van der Waals surface area (Å²) in [5.74, 6) is -0.221. The van der Waals surface area contributed by atoms with Gasteiger partial charge in [-0.25, -0.2) is 4.68 Å². The summed E-state index contributed by atoms with van der Waals surface area (Å²) >= 11 is 0. The lowest BCUT2D eigenvalue weighted by atomic mass is 10.0. The van der Waals surface area contributed by atoms with Crippen LogP contribution in [-0.2, 0) is 18.3 Å². The van der Waals surface area contributed by atoms with Crippen LogP contribution in [0.1, 0.15) is 38.9 Å². The molecule has 0 spiro atoms. The van der Waals surface area contributed by atoms with E-state index in [-0.39, 0.29) is 18.4 Å². The van der Waals surface area contributed by atoms with Crippen LogP contribution in [0.2, 0.25) is 0 Å². The van der Waals surface area contributed by atoms with Gasteiger partial charge in [0, 0.05) is 7.05 Å². The Labute approximate surface area is 122 Å². The van der Waals surface area contributed by atoms with Crippen molar-refractivity contribution in [2.24, 2.45) is 13.0 Å². The predicted molar refractivity (Wildman–Crippen MR) is 75.5 cm³/mol. The van der Waals surface area contributed by atoms with Crippen molar-refractivity contribution in [2.75, 3.05) is 0 Å². The fourth-order valence-electron chi connectivity index (χ4n) is 2.28. The molecular formula is C13H20N6O2. The molecule has 0 aromatic carbocycles. The second-order valence-electron chi connectivity index (χ2n) is 5.35. The van der Waals surface area contributed by atoms with Gasteiger partial charge in [0.05, 0.1) is 18.2 Å². The Kier molecular flexibility index (Phi) is 4.35. The zero-order valence-electron chi connectivity index (χ0n) is 12.7. The van der Waals surface area contributed by atoms with Gasteiger partial charge in [0.15, 0.2) is 0 Å². The maximum Gasteiger partial charge on any atom is 0.305 e. The molecule has 2 aromatic rings. The highest BCUT2D eigenvalue weighted by Gasteiger charge is 2.25. The first-order valence-electron chi connectivity index (χ1n) is 6.97. The van der Waals surface area contributed by atoms with E-state index in [9.17, 15) is 4.79 Å². The summed E-state index contributed by atoms with van der Waals surface area (Å²) < 4.78 is 3.31. The first-order chi connectivity index (χ1) is 9.93. The van der Waals surface area contributed by atoms with Gasteiger partial charge in [0.25, 0.3) is 0 Å². The van der Waals surface area contributed by atoms with Gasteiger partial charge in [-0.3, -0.25) is 9.48 Å². The van der Waals surface area contributed by atoms with Crippen molar-refractivity contribution in [1.82, 2.24) is 30.0 Å². The summed E-state index contributed by atoms with van der Waals surface area (Å²) in [5.41, 5.74) is 1.73. The van der Waals surface area contributed by atoms with Gasteiger partial charge in [-0.1, -0.05) is 20.8 Å². The molecular weight excluding hydrogens is 272 g/mol. The van der Waals surface area contributed by atoms with E-state index in [2.05, 4.69) is 20.6 Å². The van der Waals surface area contributed by atoms with E-state index in [0.29, 0.717) is 5.82 Å².